The maximum atomic E-state index is 11.6. The predicted molar refractivity (Wildman–Crippen MR) is 63.7 cm³/mol. The number of hydrogen-bond acceptors (Lipinski definition) is 4. The fraction of sp³-hybridized carbons (Fsp3) is 0.0909. The molecule has 0 aliphatic carbocycles. The minimum atomic E-state index is -4.50. The van der Waals surface area contributed by atoms with E-state index in [-0.39, 0.29) is 5.56 Å². The van der Waals surface area contributed by atoms with E-state index in [0.29, 0.717) is 11.0 Å². The number of rotatable bonds is 3. The number of fused-ring (bicyclic) bond motifs is 1. The van der Waals surface area contributed by atoms with Gasteiger partial charge in [-0.15, -0.1) is 0 Å². The molecule has 0 saturated heterocycles. The van der Waals surface area contributed by atoms with Gasteiger partial charge in [-0.25, -0.2) is 4.79 Å². The average Bonchev–Trinajstić information content (AvgIpc) is 2.25. The SMILES string of the molecule is O=C(CP(=O)(O)O)c1cc2ccccc2oc1=O. The summed E-state index contributed by atoms with van der Waals surface area (Å²) in [4.78, 5) is 40.5. The van der Waals surface area contributed by atoms with E-state index >= 15 is 0 Å². The molecule has 94 valence electrons. The van der Waals surface area contributed by atoms with Gasteiger partial charge < -0.3 is 14.2 Å². The second kappa shape index (κ2) is 4.49. The van der Waals surface area contributed by atoms with Crippen LogP contribution in [0.4, 0.5) is 0 Å². The summed E-state index contributed by atoms with van der Waals surface area (Å²) in [6.45, 7) is 0. The Morgan fingerprint density at radius 2 is 1.94 bits per heavy atom. The molecule has 0 saturated carbocycles. The number of Topliss-reactive ketones (excluding diaryl/α,β-unsaturated/α-hetero) is 1. The summed E-state index contributed by atoms with van der Waals surface area (Å²) in [5, 5.41) is 0.520. The van der Waals surface area contributed by atoms with E-state index in [1.807, 2.05) is 0 Å². The van der Waals surface area contributed by atoms with Gasteiger partial charge >= 0.3 is 13.2 Å². The first-order chi connectivity index (χ1) is 8.37. The second-order valence-corrected chi connectivity index (χ2v) is 5.38. The molecule has 18 heavy (non-hydrogen) atoms. The monoisotopic (exact) mass is 268 g/mol. The Balaban J connectivity index is 2.51. The highest BCUT2D eigenvalue weighted by molar-refractivity contribution is 7.52. The van der Waals surface area contributed by atoms with Crippen LogP contribution in [0.15, 0.2) is 39.5 Å². The Morgan fingerprint density at radius 3 is 2.61 bits per heavy atom. The largest absolute Gasteiger partial charge is 0.422 e. The molecule has 1 aromatic carbocycles. The van der Waals surface area contributed by atoms with Crippen LogP contribution in [-0.2, 0) is 4.57 Å². The van der Waals surface area contributed by atoms with Gasteiger partial charge in [-0.05, 0) is 12.1 Å². The first-order valence-electron chi connectivity index (χ1n) is 4.97. The number of carbonyl (C=O) groups excluding carboxylic acids is 1. The van der Waals surface area contributed by atoms with Crippen molar-refractivity contribution in [2.75, 3.05) is 6.16 Å². The number of carbonyl (C=O) groups is 1. The molecule has 1 heterocycles. The van der Waals surface area contributed by atoms with E-state index < -0.39 is 25.2 Å². The zero-order chi connectivity index (χ0) is 13.3. The summed E-state index contributed by atoms with van der Waals surface area (Å²) in [5.74, 6) is -0.928. The standard InChI is InChI=1S/C11H9O6P/c12-9(6-18(14,15)16)8-5-7-3-1-2-4-10(7)17-11(8)13/h1-5H,6H2,(H2,14,15,16). The van der Waals surface area contributed by atoms with Crippen LogP contribution in [0.3, 0.4) is 0 Å². The molecule has 7 heteroatoms. The van der Waals surface area contributed by atoms with E-state index in [4.69, 9.17) is 14.2 Å². The Kier molecular flexibility index (Phi) is 3.17. The van der Waals surface area contributed by atoms with Gasteiger partial charge in [0.1, 0.15) is 17.3 Å². The Labute approximate surface area is 101 Å². The molecule has 0 atom stereocenters. The van der Waals surface area contributed by atoms with Crippen LogP contribution in [-0.4, -0.2) is 21.7 Å². The van der Waals surface area contributed by atoms with E-state index in [9.17, 15) is 14.2 Å². The number of benzene rings is 1. The van der Waals surface area contributed by atoms with Gasteiger partial charge in [0.2, 0.25) is 0 Å². The summed E-state index contributed by atoms with van der Waals surface area (Å²) in [5.41, 5.74) is -0.931. The molecular formula is C11H9O6P. The van der Waals surface area contributed by atoms with Crippen molar-refractivity contribution in [3.8, 4) is 0 Å². The fourth-order valence-electron chi connectivity index (χ4n) is 1.53. The van der Waals surface area contributed by atoms with Gasteiger partial charge in [-0.1, -0.05) is 18.2 Å². The van der Waals surface area contributed by atoms with Crippen molar-refractivity contribution in [3.63, 3.8) is 0 Å². The lowest BCUT2D eigenvalue weighted by atomic mass is 10.1. The molecule has 6 nitrogen and oxygen atoms in total. The van der Waals surface area contributed by atoms with Crippen LogP contribution >= 0.6 is 7.60 Å². The zero-order valence-corrected chi connectivity index (χ0v) is 9.96. The third kappa shape index (κ3) is 2.73. The topological polar surface area (TPSA) is 105 Å². The Hall–Kier alpha value is -1.75. The van der Waals surface area contributed by atoms with Gasteiger partial charge in [-0.2, -0.15) is 0 Å². The smallest absolute Gasteiger partial charge is 0.347 e. The molecule has 2 N–H and O–H groups in total. The van der Waals surface area contributed by atoms with Gasteiger partial charge in [0.25, 0.3) is 0 Å². The maximum Gasteiger partial charge on any atom is 0.347 e. The summed E-state index contributed by atoms with van der Waals surface area (Å²) in [6, 6.07) is 7.83. The van der Waals surface area contributed by atoms with Crippen molar-refractivity contribution in [2.24, 2.45) is 0 Å². The highest BCUT2D eigenvalue weighted by atomic mass is 31.2. The summed E-state index contributed by atoms with van der Waals surface area (Å²) < 4.78 is 15.6. The van der Waals surface area contributed by atoms with Gasteiger partial charge in [0.15, 0.2) is 5.78 Å². The van der Waals surface area contributed by atoms with Crippen LogP contribution < -0.4 is 5.63 Å². The summed E-state index contributed by atoms with van der Waals surface area (Å²) in [6.07, 6.45) is -1.00. The lowest BCUT2D eigenvalue weighted by Gasteiger charge is -2.03. The molecule has 0 unspecified atom stereocenters. The lowest BCUT2D eigenvalue weighted by molar-refractivity contribution is 0.101. The molecule has 0 radical (unpaired) electrons. The van der Waals surface area contributed by atoms with Crippen molar-refractivity contribution in [3.05, 3.63) is 46.3 Å². The van der Waals surface area contributed by atoms with E-state index in [1.54, 1.807) is 24.3 Å². The average molecular weight is 268 g/mol. The second-order valence-electron chi connectivity index (χ2n) is 3.73. The lowest BCUT2D eigenvalue weighted by Crippen LogP contribution is -2.16. The number of hydrogen-bond donors (Lipinski definition) is 2. The third-order valence-corrected chi connectivity index (χ3v) is 2.99. The van der Waals surface area contributed by atoms with Crippen LogP contribution in [0, 0.1) is 0 Å². The predicted octanol–water partition coefficient (Wildman–Crippen LogP) is 1.15. The fourth-order valence-corrected chi connectivity index (χ4v) is 2.07. The molecule has 2 aromatic rings. The first-order valence-corrected chi connectivity index (χ1v) is 6.77. The molecule has 0 fully saturated rings. The van der Waals surface area contributed by atoms with E-state index in [2.05, 4.69) is 0 Å². The van der Waals surface area contributed by atoms with Crippen molar-refractivity contribution in [1.82, 2.24) is 0 Å². The molecule has 0 amide bonds. The number of ketones is 1. The van der Waals surface area contributed by atoms with E-state index in [1.165, 1.54) is 6.07 Å². The molecule has 0 spiro atoms. The molecule has 0 aliphatic rings. The minimum absolute atomic E-state index is 0.315. The number of para-hydroxylation sites is 1. The van der Waals surface area contributed by atoms with Crippen LogP contribution in [0.1, 0.15) is 10.4 Å². The molecule has 1 aromatic heterocycles. The highest BCUT2D eigenvalue weighted by Crippen LogP contribution is 2.34. The Bertz CT molecular complexity index is 711. The van der Waals surface area contributed by atoms with Crippen molar-refractivity contribution >= 4 is 24.3 Å². The van der Waals surface area contributed by atoms with Crippen LogP contribution in [0.2, 0.25) is 0 Å². The summed E-state index contributed by atoms with van der Waals surface area (Å²) >= 11 is 0. The van der Waals surface area contributed by atoms with Crippen molar-refractivity contribution in [2.45, 2.75) is 0 Å². The van der Waals surface area contributed by atoms with Crippen LogP contribution in [0.25, 0.3) is 11.0 Å². The zero-order valence-electron chi connectivity index (χ0n) is 9.07. The molecule has 0 bridgehead atoms. The maximum absolute atomic E-state index is 11.6. The van der Waals surface area contributed by atoms with Crippen molar-refractivity contribution < 1.29 is 23.6 Å². The highest BCUT2D eigenvalue weighted by Gasteiger charge is 2.23. The van der Waals surface area contributed by atoms with Gasteiger partial charge in [0.05, 0.1) is 0 Å². The Morgan fingerprint density at radius 1 is 1.28 bits per heavy atom. The first kappa shape index (κ1) is 12.7. The van der Waals surface area contributed by atoms with Crippen molar-refractivity contribution in [1.29, 1.82) is 0 Å². The summed E-state index contributed by atoms with van der Waals surface area (Å²) in [7, 11) is -4.50. The molecule has 0 aliphatic heterocycles. The quantitative estimate of drug-likeness (QED) is 0.491. The van der Waals surface area contributed by atoms with Gasteiger partial charge in [-0.3, -0.25) is 9.36 Å². The van der Waals surface area contributed by atoms with E-state index in [0.717, 1.165) is 0 Å². The normalized spacial score (nSPS) is 11.7. The molecular weight excluding hydrogens is 259 g/mol. The minimum Gasteiger partial charge on any atom is -0.422 e. The van der Waals surface area contributed by atoms with Gasteiger partial charge in [0, 0.05) is 5.39 Å². The van der Waals surface area contributed by atoms with Crippen LogP contribution in [0.5, 0.6) is 0 Å². The third-order valence-electron chi connectivity index (χ3n) is 2.29. The molecule has 2 rings (SSSR count).